The Morgan fingerprint density at radius 1 is 0.522 bits per heavy atom. The van der Waals surface area contributed by atoms with Gasteiger partial charge in [-0.05, 0) is 119 Å². The molecule has 0 aliphatic carbocycles. The third kappa shape index (κ3) is 7.58. The van der Waals surface area contributed by atoms with E-state index in [-0.39, 0.29) is 6.04 Å². The summed E-state index contributed by atoms with van der Waals surface area (Å²) in [5.41, 5.74) is 16.6. The van der Waals surface area contributed by atoms with E-state index in [2.05, 4.69) is 217 Å². The second kappa shape index (κ2) is 17.3. The molecule has 0 bridgehead atoms. The van der Waals surface area contributed by atoms with Gasteiger partial charge in [0.15, 0.2) is 5.84 Å². The number of aromatic nitrogens is 3. The van der Waals surface area contributed by atoms with Crippen LogP contribution in [0.1, 0.15) is 54.5 Å². The molecule has 1 aliphatic rings. The zero-order valence-corrected chi connectivity index (χ0v) is 37.3. The molecule has 0 N–H and O–H groups in total. The maximum absolute atomic E-state index is 5.47. The molecule has 1 atom stereocenters. The van der Waals surface area contributed by atoms with Crippen molar-refractivity contribution in [1.82, 2.24) is 14.5 Å². The normalized spacial score (nSPS) is 15.8. The fraction of sp³-hybridized carbons (Fsp3) is 0.0968. The smallest absolute Gasteiger partial charge is 0.155 e. The number of amidine groups is 1. The molecular weight excluding hydrogens is 815 g/mol. The van der Waals surface area contributed by atoms with Crippen LogP contribution in [0.2, 0.25) is 0 Å². The van der Waals surface area contributed by atoms with Gasteiger partial charge in [0.1, 0.15) is 0 Å². The number of hydrogen-bond donors (Lipinski definition) is 0. The monoisotopic (exact) mass is 861 g/mol. The summed E-state index contributed by atoms with van der Waals surface area (Å²) in [6.45, 7) is 2.23. The molecule has 5 nitrogen and oxygen atoms in total. The van der Waals surface area contributed by atoms with Crippen molar-refractivity contribution in [2.75, 3.05) is 0 Å². The van der Waals surface area contributed by atoms with Crippen molar-refractivity contribution in [2.24, 2.45) is 9.98 Å². The standard InChI is InChI=1S/C62H47N5/c1-2-50-51(58-20-10-11-37-63-58)35-33-41-25-31-46(39-54(41)50)47-32-30-45-34-36-57(64-59(45)40-47)44-28-26-43(27-29-44)56-22-13-21-55(42-14-4-3-5-15-42)65-62(66-56)48-16-12-17-49(38-48)67-60-23-8-6-18-52(60)53-19-7-9-24-61(53)67/h3-12,14-20,23-40,55H,2,13,21-22H2,1H3/b65-62-,66-56+. The van der Waals surface area contributed by atoms with Crippen LogP contribution in [0, 0.1) is 0 Å². The minimum absolute atomic E-state index is 0.0142. The highest BCUT2D eigenvalue weighted by molar-refractivity contribution is 6.13. The van der Waals surface area contributed by atoms with Gasteiger partial charge in [-0.1, -0.05) is 159 Å². The van der Waals surface area contributed by atoms with E-state index in [0.717, 1.165) is 87.5 Å². The van der Waals surface area contributed by atoms with E-state index in [1.165, 1.54) is 54.8 Å². The summed E-state index contributed by atoms with van der Waals surface area (Å²) in [4.78, 5) is 20.9. The van der Waals surface area contributed by atoms with Gasteiger partial charge >= 0.3 is 0 Å². The Hall–Kier alpha value is -8.28. The van der Waals surface area contributed by atoms with Crippen molar-refractivity contribution in [1.29, 1.82) is 0 Å². The average Bonchev–Trinajstić information content (AvgIpc) is 3.73. The van der Waals surface area contributed by atoms with Gasteiger partial charge in [0.2, 0.25) is 0 Å². The SMILES string of the molecule is CCc1c(-c2ccccn2)ccc2ccc(-c3ccc4ccc(-c5ccc(/C6=N/C(c7cccc(-n8c9ccccc9c9ccccc98)c7)=N\C(c7ccccc7)CCC6)cc5)nc4c3)cc12. The Balaban J connectivity index is 0.883. The van der Waals surface area contributed by atoms with Crippen molar-refractivity contribution in [3.63, 3.8) is 0 Å². The topological polar surface area (TPSA) is 55.4 Å². The third-order valence-electron chi connectivity index (χ3n) is 13.5. The fourth-order valence-electron chi connectivity index (χ4n) is 10.1. The van der Waals surface area contributed by atoms with E-state index in [4.69, 9.17) is 15.0 Å². The van der Waals surface area contributed by atoms with Gasteiger partial charge in [-0.2, -0.15) is 0 Å². The molecule has 0 spiro atoms. The van der Waals surface area contributed by atoms with Crippen molar-refractivity contribution in [2.45, 2.75) is 38.6 Å². The Kier molecular flexibility index (Phi) is 10.4. The van der Waals surface area contributed by atoms with Crippen LogP contribution in [0.3, 0.4) is 0 Å². The average molecular weight is 862 g/mol. The lowest BCUT2D eigenvalue weighted by Gasteiger charge is -2.19. The highest BCUT2D eigenvalue weighted by atomic mass is 15.0. The van der Waals surface area contributed by atoms with Crippen molar-refractivity contribution in [3.8, 4) is 39.3 Å². The van der Waals surface area contributed by atoms with Crippen LogP contribution >= 0.6 is 0 Å². The minimum Gasteiger partial charge on any atom is -0.309 e. The van der Waals surface area contributed by atoms with E-state index in [0.29, 0.717) is 0 Å². The molecule has 0 radical (unpaired) electrons. The second-order valence-electron chi connectivity index (χ2n) is 17.5. The molecule has 5 heteroatoms. The van der Waals surface area contributed by atoms with E-state index in [9.17, 15) is 0 Å². The van der Waals surface area contributed by atoms with Gasteiger partial charge in [0.25, 0.3) is 0 Å². The minimum atomic E-state index is 0.0142. The number of hydrogen-bond acceptors (Lipinski definition) is 4. The quantitative estimate of drug-likeness (QED) is 0.153. The lowest BCUT2D eigenvalue weighted by atomic mass is 9.92. The first-order chi connectivity index (χ1) is 33.1. The molecule has 11 aromatic rings. The van der Waals surface area contributed by atoms with E-state index >= 15 is 0 Å². The molecule has 0 saturated heterocycles. The van der Waals surface area contributed by atoms with Crippen LogP contribution in [0.15, 0.2) is 222 Å². The van der Waals surface area contributed by atoms with Crippen LogP contribution in [-0.2, 0) is 6.42 Å². The molecule has 12 rings (SSSR count). The molecule has 0 saturated carbocycles. The predicted octanol–water partition coefficient (Wildman–Crippen LogP) is 15.6. The zero-order valence-electron chi connectivity index (χ0n) is 37.3. The molecule has 8 aromatic carbocycles. The number of benzene rings is 8. The number of aliphatic imine (C=N–C) groups is 2. The van der Waals surface area contributed by atoms with Gasteiger partial charge in [0.05, 0.1) is 39.7 Å². The van der Waals surface area contributed by atoms with Crippen LogP contribution in [0.4, 0.5) is 0 Å². The number of pyridine rings is 2. The van der Waals surface area contributed by atoms with Gasteiger partial charge in [0, 0.05) is 44.7 Å². The highest BCUT2D eigenvalue weighted by Crippen LogP contribution is 2.36. The van der Waals surface area contributed by atoms with Crippen molar-refractivity contribution in [3.05, 3.63) is 235 Å². The van der Waals surface area contributed by atoms with Crippen molar-refractivity contribution >= 4 is 55.0 Å². The molecule has 0 amide bonds. The lowest BCUT2D eigenvalue weighted by Crippen LogP contribution is -2.13. The summed E-state index contributed by atoms with van der Waals surface area (Å²) in [7, 11) is 0. The fourth-order valence-corrected chi connectivity index (χ4v) is 10.1. The summed E-state index contributed by atoms with van der Waals surface area (Å²) in [5, 5.41) is 6.10. The van der Waals surface area contributed by atoms with Crippen LogP contribution in [0.25, 0.3) is 82.8 Å². The second-order valence-corrected chi connectivity index (χ2v) is 17.5. The van der Waals surface area contributed by atoms with E-state index in [1.807, 2.05) is 12.3 Å². The van der Waals surface area contributed by atoms with Gasteiger partial charge in [-0.15, -0.1) is 0 Å². The van der Waals surface area contributed by atoms with Crippen LogP contribution in [0.5, 0.6) is 0 Å². The van der Waals surface area contributed by atoms with Crippen molar-refractivity contribution < 1.29 is 0 Å². The van der Waals surface area contributed by atoms with Gasteiger partial charge in [-0.3, -0.25) is 9.98 Å². The molecule has 3 aromatic heterocycles. The molecule has 67 heavy (non-hydrogen) atoms. The molecule has 4 heterocycles. The number of aryl methyl sites for hydroxylation is 1. The number of nitrogens with zero attached hydrogens (tertiary/aromatic N) is 5. The van der Waals surface area contributed by atoms with Crippen LogP contribution in [-0.4, -0.2) is 26.1 Å². The Morgan fingerprint density at radius 2 is 1.21 bits per heavy atom. The zero-order chi connectivity index (χ0) is 44.7. The van der Waals surface area contributed by atoms with Crippen LogP contribution < -0.4 is 0 Å². The first-order valence-electron chi connectivity index (χ1n) is 23.4. The molecule has 1 unspecified atom stereocenters. The molecule has 1 aliphatic heterocycles. The Labute approximate surface area is 390 Å². The number of rotatable bonds is 8. The first-order valence-corrected chi connectivity index (χ1v) is 23.4. The predicted molar refractivity (Wildman–Crippen MR) is 280 cm³/mol. The Morgan fingerprint density at radius 3 is 1.99 bits per heavy atom. The summed E-state index contributed by atoms with van der Waals surface area (Å²) in [5.74, 6) is 0.758. The summed E-state index contributed by atoms with van der Waals surface area (Å²) >= 11 is 0. The Bertz CT molecular complexity index is 3640. The highest BCUT2D eigenvalue weighted by Gasteiger charge is 2.20. The lowest BCUT2D eigenvalue weighted by molar-refractivity contribution is 0.622. The van der Waals surface area contributed by atoms with E-state index < -0.39 is 0 Å². The number of fused-ring (bicyclic) bond motifs is 5. The number of para-hydroxylation sites is 2. The molecule has 0 fully saturated rings. The summed E-state index contributed by atoms with van der Waals surface area (Å²) < 4.78 is 2.36. The molecular formula is C62H47N5. The molecule has 320 valence electrons. The largest absolute Gasteiger partial charge is 0.309 e. The van der Waals surface area contributed by atoms with Gasteiger partial charge in [-0.25, -0.2) is 9.98 Å². The summed E-state index contributed by atoms with van der Waals surface area (Å²) in [6.07, 6.45) is 5.56. The van der Waals surface area contributed by atoms with Gasteiger partial charge < -0.3 is 4.57 Å². The maximum atomic E-state index is 5.47. The van der Waals surface area contributed by atoms with E-state index in [1.54, 1.807) is 0 Å². The first kappa shape index (κ1) is 40.2. The third-order valence-corrected chi connectivity index (χ3v) is 13.5. The maximum Gasteiger partial charge on any atom is 0.155 e. The summed E-state index contributed by atoms with van der Waals surface area (Å²) in [6, 6.07) is 73.8.